The summed E-state index contributed by atoms with van der Waals surface area (Å²) >= 11 is 0. The number of benzene rings is 2. The molecule has 3 N–H and O–H groups in total. The van der Waals surface area contributed by atoms with Crippen molar-refractivity contribution in [2.45, 2.75) is 19.3 Å². The third-order valence-corrected chi connectivity index (χ3v) is 5.52. The zero-order valence-electron chi connectivity index (χ0n) is 21.9. The molecular weight excluding hydrogens is 610 g/mol. The molecule has 232 valence electrons. The van der Waals surface area contributed by atoms with Crippen molar-refractivity contribution in [3.05, 3.63) is 94.6 Å². The van der Waals surface area contributed by atoms with Crippen molar-refractivity contribution in [2.75, 3.05) is 6.61 Å². The zero-order valence-corrected chi connectivity index (χ0v) is 21.9. The summed E-state index contributed by atoms with van der Waals surface area (Å²) in [7, 11) is 0. The largest absolute Gasteiger partial charge is 0.478 e. The van der Waals surface area contributed by atoms with Crippen LogP contribution in [0.1, 0.15) is 59.7 Å². The number of aromatic nitrogens is 4. The quantitative estimate of drug-likeness (QED) is 0.186. The van der Waals surface area contributed by atoms with Crippen LogP contribution in [-0.4, -0.2) is 65.4 Å². The normalized spacial score (nSPS) is 11.3. The van der Waals surface area contributed by atoms with Gasteiger partial charge in [0.1, 0.15) is 11.1 Å². The lowest BCUT2D eigenvalue weighted by Gasteiger charge is -2.12. The SMILES string of the molecule is CCOC(=O)c1cnn(-c2ccc(C(=O)O)cc2)c1C(F)(F)F.O=C(O)c1ccc(-n2ncc(C(=O)O)c2C(F)(F)F)cc1. The van der Waals surface area contributed by atoms with Gasteiger partial charge in [-0.2, -0.15) is 36.5 Å². The van der Waals surface area contributed by atoms with Gasteiger partial charge in [-0.1, -0.05) is 0 Å². The summed E-state index contributed by atoms with van der Waals surface area (Å²) in [6.45, 7) is 1.40. The Balaban J connectivity index is 0.000000241. The Morgan fingerprint density at radius 3 is 1.34 bits per heavy atom. The van der Waals surface area contributed by atoms with Crippen molar-refractivity contribution in [1.82, 2.24) is 19.6 Å². The molecular formula is C26H18F6N4O8. The van der Waals surface area contributed by atoms with Crippen LogP contribution in [0.4, 0.5) is 26.3 Å². The van der Waals surface area contributed by atoms with Crippen molar-refractivity contribution in [3.63, 3.8) is 0 Å². The van der Waals surface area contributed by atoms with Crippen molar-refractivity contribution in [2.24, 2.45) is 0 Å². The Morgan fingerprint density at radius 2 is 1.02 bits per heavy atom. The van der Waals surface area contributed by atoms with Gasteiger partial charge in [0.15, 0.2) is 11.4 Å². The molecule has 0 aliphatic carbocycles. The predicted molar refractivity (Wildman–Crippen MR) is 134 cm³/mol. The molecule has 4 aromatic rings. The number of carboxylic acid groups (broad SMARTS) is 3. The fourth-order valence-corrected chi connectivity index (χ4v) is 3.64. The second-order valence-electron chi connectivity index (χ2n) is 8.36. The van der Waals surface area contributed by atoms with E-state index in [0.29, 0.717) is 15.6 Å². The molecule has 0 aliphatic rings. The lowest BCUT2D eigenvalue weighted by atomic mass is 10.2. The monoisotopic (exact) mass is 628 g/mol. The first-order valence-electron chi connectivity index (χ1n) is 11.9. The Hall–Kier alpha value is -5.68. The van der Waals surface area contributed by atoms with E-state index in [2.05, 4.69) is 14.9 Å². The number of nitrogens with zero attached hydrogens (tertiary/aromatic N) is 4. The van der Waals surface area contributed by atoms with Gasteiger partial charge >= 0.3 is 36.2 Å². The molecule has 2 heterocycles. The molecule has 2 aromatic heterocycles. The standard InChI is InChI=1S/C14H11F3N2O4.C12H7F3N2O4/c1-2-23-13(22)10-7-18-19(11(10)14(15,16)17)9-5-3-8(4-6-9)12(20)21;13-12(14,15)9-8(11(20)21)5-16-17(9)7-3-1-6(2-4-7)10(18)19/h3-7H,2H2,1H3,(H,20,21);1-5H,(H,18,19)(H,20,21). The molecule has 0 unspecified atom stereocenters. The number of rotatable bonds is 7. The number of carboxylic acids is 3. The molecule has 18 heteroatoms. The van der Waals surface area contributed by atoms with Crippen LogP contribution in [0.25, 0.3) is 11.4 Å². The summed E-state index contributed by atoms with van der Waals surface area (Å²) in [4.78, 5) is 43.9. The van der Waals surface area contributed by atoms with Crippen LogP contribution < -0.4 is 0 Å². The third-order valence-electron chi connectivity index (χ3n) is 5.52. The number of halogens is 6. The van der Waals surface area contributed by atoms with Gasteiger partial charge in [-0.05, 0) is 55.5 Å². The number of hydrogen-bond donors (Lipinski definition) is 3. The second-order valence-corrected chi connectivity index (χ2v) is 8.36. The van der Waals surface area contributed by atoms with E-state index >= 15 is 0 Å². The van der Waals surface area contributed by atoms with E-state index in [9.17, 15) is 45.5 Å². The fourth-order valence-electron chi connectivity index (χ4n) is 3.64. The molecule has 0 fully saturated rings. The van der Waals surface area contributed by atoms with E-state index in [0.717, 1.165) is 42.6 Å². The maximum atomic E-state index is 13.3. The highest BCUT2D eigenvalue weighted by atomic mass is 19.4. The average Bonchev–Trinajstić information content (AvgIpc) is 3.60. The van der Waals surface area contributed by atoms with Crippen molar-refractivity contribution in [3.8, 4) is 11.4 Å². The number of carbonyl (C=O) groups is 4. The lowest BCUT2D eigenvalue weighted by molar-refractivity contribution is -0.144. The first-order valence-corrected chi connectivity index (χ1v) is 11.9. The Bertz CT molecular complexity index is 1690. The Kier molecular flexibility index (Phi) is 9.46. The molecule has 12 nitrogen and oxygen atoms in total. The molecule has 0 amide bonds. The fraction of sp³-hybridized carbons (Fsp3) is 0.154. The summed E-state index contributed by atoms with van der Waals surface area (Å²) in [5.74, 6) is -5.33. The highest BCUT2D eigenvalue weighted by molar-refractivity contribution is 5.91. The number of aromatic carboxylic acids is 3. The van der Waals surface area contributed by atoms with Gasteiger partial charge in [-0.3, -0.25) is 0 Å². The zero-order chi connectivity index (χ0) is 33.0. The van der Waals surface area contributed by atoms with Crippen molar-refractivity contribution in [1.29, 1.82) is 0 Å². The van der Waals surface area contributed by atoms with Crippen LogP contribution in [0.5, 0.6) is 0 Å². The van der Waals surface area contributed by atoms with Crippen molar-refractivity contribution >= 4 is 23.9 Å². The van der Waals surface area contributed by atoms with E-state index in [1.165, 1.54) is 19.1 Å². The molecule has 44 heavy (non-hydrogen) atoms. The van der Waals surface area contributed by atoms with E-state index < -0.39 is 58.7 Å². The summed E-state index contributed by atoms with van der Waals surface area (Å²) < 4.78 is 84.3. The van der Waals surface area contributed by atoms with Gasteiger partial charge in [0, 0.05) is 0 Å². The van der Waals surface area contributed by atoms with Crippen LogP contribution >= 0.6 is 0 Å². The van der Waals surface area contributed by atoms with Gasteiger partial charge in [-0.25, -0.2) is 28.5 Å². The van der Waals surface area contributed by atoms with Crippen LogP contribution in [0, 0.1) is 0 Å². The van der Waals surface area contributed by atoms with Crippen LogP contribution in [-0.2, 0) is 17.1 Å². The highest BCUT2D eigenvalue weighted by Gasteiger charge is 2.42. The molecule has 0 spiro atoms. The molecule has 0 radical (unpaired) electrons. The van der Waals surface area contributed by atoms with Gasteiger partial charge in [0.2, 0.25) is 0 Å². The average molecular weight is 628 g/mol. The summed E-state index contributed by atoms with van der Waals surface area (Å²) in [5, 5.41) is 33.3. The van der Waals surface area contributed by atoms with Gasteiger partial charge < -0.3 is 20.1 Å². The number of alkyl halides is 6. The maximum Gasteiger partial charge on any atom is 0.434 e. The minimum Gasteiger partial charge on any atom is -0.478 e. The molecule has 2 aromatic carbocycles. The first kappa shape index (κ1) is 32.8. The lowest BCUT2D eigenvalue weighted by Crippen LogP contribution is -2.18. The number of esters is 1. The van der Waals surface area contributed by atoms with E-state index in [4.69, 9.17) is 15.3 Å². The van der Waals surface area contributed by atoms with Crippen LogP contribution in [0.15, 0.2) is 60.9 Å². The Labute approximate surface area is 241 Å². The molecule has 0 atom stereocenters. The van der Waals surface area contributed by atoms with Gasteiger partial charge in [0.25, 0.3) is 0 Å². The van der Waals surface area contributed by atoms with Gasteiger partial charge in [0.05, 0.1) is 41.5 Å². The number of carbonyl (C=O) groups excluding carboxylic acids is 1. The Morgan fingerprint density at radius 1 is 0.659 bits per heavy atom. The van der Waals surface area contributed by atoms with Gasteiger partial charge in [-0.15, -0.1) is 0 Å². The second kappa shape index (κ2) is 12.7. The topological polar surface area (TPSA) is 174 Å². The van der Waals surface area contributed by atoms with E-state index in [-0.39, 0.29) is 29.1 Å². The van der Waals surface area contributed by atoms with Crippen LogP contribution in [0.3, 0.4) is 0 Å². The maximum absolute atomic E-state index is 13.3. The summed E-state index contributed by atoms with van der Waals surface area (Å²) in [5.41, 5.74) is -4.72. The highest BCUT2D eigenvalue weighted by Crippen LogP contribution is 2.35. The minimum absolute atomic E-state index is 0.0297. The molecule has 0 bridgehead atoms. The summed E-state index contributed by atoms with van der Waals surface area (Å²) in [6, 6.07) is 9.03. The first-order chi connectivity index (χ1) is 20.5. The van der Waals surface area contributed by atoms with Crippen LogP contribution in [0.2, 0.25) is 0 Å². The number of ether oxygens (including phenoxy) is 1. The summed E-state index contributed by atoms with van der Waals surface area (Å²) in [6.07, 6.45) is -8.40. The van der Waals surface area contributed by atoms with E-state index in [1.807, 2.05) is 0 Å². The van der Waals surface area contributed by atoms with Crippen molar-refractivity contribution < 1.29 is 65.6 Å². The minimum atomic E-state index is -4.92. The molecule has 0 saturated carbocycles. The predicted octanol–water partition coefficient (Wildman–Crippen LogP) is 5.05. The molecule has 4 rings (SSSR count). The molecule has 0 saturated heterocycles. The number of hydrogen-bond acceptors (Lipinski definition) is 7. The third kappa shape index (κ3) is 7.20. The van der Waals surface area contributed by atoms with E-state index in [1.54, 1.807) is 0 Å². The smallest absolute Gasteiger partial charge is 0.434 e. The molecule has 0 aliphatic heterocycles.